The molecule has 1 heteroatoms. The number of aliphatic hydroxyl groups excluding tert-OH is 1. The number of aliphatic hydroxyl groups is 1. The van der Waals surface area contributed by atoms with Gasteiger partial charge in [-0.1, -0.05) is 33.1 Å². The number of terminal acetylenes is 1. The van der Waals surface area contributed by atoms with Gasteiger partial charge in [-0.05, 0) is 12.8 Å². The van der Waals surface area contributed by atoms with Gasteiger partial charge in [0.05, 0.1) is 6.10 Å². The largest absolute Gasteiger partial charge is 0.393 e. The van der Waals surface area contributed by atoms with E-state index in [1.165, 1.54) is 19.3 Å². The van der Waals surface area contributed by atoms with Crippen LogP contribution in [0.4, 0.5) is 0 Å². The van der Waals surface area contributed by atoms with Crippen LogP contribution in [-0.4, -0.2) is 11.2 Å². The molecule has 1 nitrogen and oxygen atoms in total. The minimum atomic E-state index is 0.0359. The molecule has 0 atom stereocenters. The number of rotatable bonds is 0. The Morgan fingerprint density at radius 1 is 1.00 bits per heavy atom. The first-order valence-corrected chi connectivity index (χ1v) is 4.41. The Bertz CT molecular complexity index is 70.2. The summed E-state index contributed by atoms with van der Waals surface area (Å²) in [5.74, 6) is 0. The molecule has 66 valence electrons. The monoisotopic (exact) mass is 156 g/mol. The van der Waals surface area contributed by atoms with Crippen molar-refractivity contribution < 1.29 is 5.11 Å². The fourth-order valence-electron chi connectivity index (χ4n) is 1.08. The van der Waals surface area contributed by atoms with Gasteiger partial charge in [0.2, 0.25) is 0 Å². The molecule has 0 aromatic rings. The minimum Gasteiger partial charge on any atom is -0.393 e. The molecule has 0 aliphatic heterocycles. The Morgan fingerprint density at radius 3 is 1.55 bits per heavy atom. The molecule has 0 amide bonds. The molecule has 1 fully saturated rings. The smallest absolute Gasteiger partial charge is 0.0540 e. The van der Waals surface area contributed by atoms with Crippen molar-refractivity contribution in [3.05, 3.63) is 0 Å². The van der Waals surface area contributed by atoms with Gasteiger partial charge in [-0.3, -0.25) is 0 Å². The molecule has 1 saturated carbocycles. The van der Waals surface area contributed by atoms with Gasteiger partial charge in [0.25, 0.3) is 0 Å². The number of hydrogen-bond acceptors (Lipinski definition) is 1. The van der Waals surface area contributed by atoms with Crippen molar-refractivity contribution in [3.8, 4) is 12.8 Å². The summed E-state index contributed by atoms with van der Waals surface area (Å²) < 4.78 is 0. The molecular formula is C10H20O. The SMILES string of the molecule is C#C.CC.OC1CCCCC1. The zero-order valence-corrected chi connectivity index (χ0v) is 7.71. The summed E-state index contributed by atoms with van der Waals surface area (Å²) >= 11 is 0. The first kappa shape index (κ1) is 13.1. The standard InChI is InChI=1S/C6H12O.C2H6.C2H2/c7-6-4-2-1-3-5-6;2*1-2/h6-7H,1-5H2;1-2H3;1-2H. The summed E-state index contributed by atoms with van der Waals surface area (Å²) in [6.07, 6.45) is 13.9. The minimum absolute atomic E-state index is 0.0359. The lowest BCUT2D eigenvalue weighted by molar-refractivity contribution is 0.130. The van der Waals surface area contributed by atoms with Crippen LogP contribution in [0.2, 0.25) is 0 Å². The van der Waals surface area contributed by atoms with Crippen LogP contribution >= 0.6 is 0 Å². The molecule has 0 bridgehead atoms. The van der Waals surface area contributed by atoms with Gasteiger partial charge < -0.3 is 5.11 Å². The van der Waals surface area contributed by atoms with Gasteiger partial charge in [-0.25, -0.2) is 0 Å². The third-order valence-electron chi connectivity index (χ3n) is 1.57. The Morgan fingerprint density at radius 2 is 1.36 bits per heavy atom. The van der Waals surface area contributed by atoms with E-state index in [1.807, 2.05) is 13.8 Å². The van der Waals surface area contributed by atoms with Crippen LogP contribution in [-0.2, 0) is 0 Å². The fraction of sp³-hybridized carbons (Fsp3) is 0.800. The Hall–Kier alpha value is -0.480. The highest BCUT2D eigenvalue weighted by Gasteiger charge is 2.07. The summed E-state index contributed by atoms with van der Waals surface area (Å²) in [5, 5.41) is 8.91. The predicted molar refractivity (Wildman–Crippen MR) is 50.3 cm³/mol. The van der Waals surface area contributed by atoms with Gasteiger partial charge in [0.15, 0.2) is 0 Å². The third-order valence-corrected chi connectivity index (χ3v) is 1.57. The molecular weight excluding hydrogens is 136 g/mol. The van der Waals surface area contributed by atoms with Crippen LogP contribution in [0.15, 0.2) is 0 Å². The number of hydrogen-bond donors (Lipinski definition) is 1. The molecule has 0 saturated heterocycles. The molecule has 0 spiro atoms. The molecule has 0 aromatic heterocycles. The van der Waals surface area contributed by atoms with Crippen molar-refractivity contribution in [2.24, 2.45) is 0 Å². The van der Waals surface area contributed by atoms with Crippen LogP contribution in [0.25, 0.3) is 0 Å². The van der Waals surface area contributed by atoms with E-state index in [2.05, 4.69) is 12.8 Å². The molecule has 11 heavy (non-hydrogen) atoms. The van der Waals surface area contributed by atoms with E-state index < -0.39 is 0 Å². The van der Waals surface area contributed by atoms with E-state index >= 15 is 0 Å². The molecule has 1 N–H and O–H groups in total. The van der Waals surface area contributed by atoms with Crippen molar-refractivity contribution in [3.63, 3.8) is 0 Å². The lowest BCUT2D eigenvalue weighted by atomic mass is 9.98. The molecule has 1 aliphatic rings. The Labute approximate surface area is 70.8 Å². The first-order valence-electron chi connectivity index (χ1n) is 4.41. The molecule has 0 aromatic carbocycles. The Balaban J connectivity index is 0. The third kappa shape index (κ3) is 9.52. The van der Waals surface area contributed by atoms with Crippen LogP contribution in [0.1, 0.15) is 46.0 Å². The van der Waals surface area contributed by atoms with E-state index in [-0.39, 0.29) is 6.10 Å². The van der Waals surface area contributed by atoms with Crippen LogP contribution < -0.4 is 0 Å². The predicted octanol–water partition coefficient (Wildman–Crippen LogP) is 2.59. The summed E-state index contributed by atoms with van der Waals surface area (Å²) in [6, 6.07) is 0. The molecule has 0 heterocycles. The average Bonchev–Trinajstić information content (AvgIpc) is 2.13. The molecule has 1 rings (SSSR count). The van der Waals surface area contributed by atoms with Crippen LogP contribution in [0.5, 0.6) is 0 Å². The highest BCUT2D eigenvalue weighted by Crippen LogP contribution is 2.16. The summed E-state index contributed by atoms with van der Waals surface area (Å²) in [4.78, 5) is 0. The summed E-state index contributed by atoms with van der Waals surface area (Å²) in [7, 11) is 0. The zero-order chi connectivity index (χ0) is 9.11. The topological polar surface area (TPSA) is 20.2 Å². The molecule has 0 radical (unpaired) electrons. The molecule has 0 unspecified atom stereocenters. The summed E-state index contributed by atoms with van der Waals surface area (Å²) in [5.41, 5.74) is 0. The maximum atomic E-state index is 8.91. The van der Waals surface area contributed by atoms with Crippen molar-refractivity contribution in [1.82, 2.24) is 0 Å². The van der Waals surface area contributed by atoms with Gasteiger partial charge in [0, 0.05) is 0 Å². The van der Waals surface area contributed by atoms with Crippen molar-refractivity contribution in [2.45, 2.75) is 52.1 Å². The van der Waals surface area contributed by atoms with E-state index in [1.54, 1.807) is 0 Å². The van der Waals surface area contributed by atoms with Crippen LogP contribution in [0, 0.1) is 12.8 Å². The lowest BCUT2D eigenvalue weighted by Crippen LogP contribution is -2.09. The zero-order valence-electron chi connectivity index (χ0n) is 7.71. The van der Waals surface area contributed by atoms with Gasteiger partial charge in [0.1, 0.15) is 0 Å². The normalized spacial score (nSPS) is 16.8. The average molecular weight is 156 g/mol. The second-order valence-corrected chi connectivity index (χ2v) is 2.29. The highest BCUT2D eigenvalue weighted by molar-refractivity contribution is 4.61. The van der Waals surface area contributed by atoms with Crippen molar-refractivity contribution in [2.75, 3.05) is 0 Å². The van der Waals surface area contributed by atoms with E-state index in [0.717, 1.165) is 12.8 Å². The second kappa shape index (κ2) is 12.2. The Kier molecular flexibility index (Phi) is 14.6. The lowest BCUT2D eigenvalue weighted by Gasteiger charge is -2.14. The van der Waals surface area contributed by atoms with Gasteiger partial charge in [-0.15, -0.1) is 12.8 Å². The van der Waals surface area contributed by atoms with Crippen molar-refractivity contribution in [1.29, 1.82) is 0 Å². The maximum Gasteiger partial charge on any atom is 0.0540 e. The first-order chi connectivity index (χ1) is 5.39. The van der Waals surface area contributed by atoms with Gasteiger partial charge >= 0.3 is 0 Å². The van der Waals surface area contributed by atoms with E-state index in [9.17, 15) is 0 Å². The highest BCUT2D eigenvalue weighted by atomic mass is 16.3. The van der Waals surface area contributed by atoms with Crippen molar-refractivity contribution >= 4 is 0 Å². The second-order valence-electron chi connectivity index (χ2n) is 2.29. The van der Waals surface area contributed by atoms with E-state index in [4.69, 9.17) is 5.11 Å². The summed E-state index contributed by atoms with van der Waals surface area (Å²) in [6.45, 7) is 4.00. The van der Waals surface area contributed by atoms with Crippen LogP contribution in [0.3, 0.4) is 0 Å². The quantitative estimate of drug-likeness (QED) is 0.534. The van der Waals surface area contributed by atoms with E-state index in [0.29, 0.717) is 0 Å². The fourth-order valence-corrected chi connectivity index (χ4v) is 1.08. The van der Waals surface area contributed by atoms with Gasteiger partial charge in [-0.2, -0.15) is 0 Å². The molecule has 1 aliphatic carbocycles. The maximum absolute atomic E-state index is 8.91.